The monoisotopic (exact) mass is 358 g/mol. The lowest BCUT2D eigenvalue weighted by Gasteiger charge is -2.10. The van der Waals surface area contributed by atoms with Crippen LogP contribution in [0.1, 0.15) is 11.3 Å². The number of sulfonamides is 1. The van der Waals surface area contributed by atoms with E-state index in [2.05, 4.69) is 15.4 Å². The Morgan fingerprint density at radius 2 is 1.76 bits per heavy atom. The molecule has 0 saturated carbocycles. The highest BCUT2D eigenvalue weighted by molar-refractivity contribution is 7.92. The molecule has 0 fully saturated rings. The summed E-state index contributed by atoms with van der Waals surface area (Å²) in [6, 6.07) is 14.4. The van der Waals surface area contributed by atoms with Gasteiger partial charge in [0.25, 0.3) is 10.0 Å². The van der Waals surface area contributed by atoms with Gasteiger partial charge in [0.2, 0.25) is 0 Å². The lowest BCUT2D eigenvalue weighted by atomic mass is 10.2. The van der Waals surface area contributed by atoms with E-state index in [-0.39, 0.29) is 4.90 Å². The zero-order chi connectivity index (χ0) is 18.0. The predicted octanol–water partition coefficient (Wildman–Crippen LogP) is 3.71. The number of hydrogen-bond donors (Lipinski definition) is 1. The van der Waals surface area contributed by atoms with Crippen molar-refractivity contribution in [3.8, 4) is 0 Å². The highest BCUT2D eigenvalue weighted by Gasteiger charge is 2.15. The number of hydrogen-bond acceptors (Lipinski definition) is 3. The van der Waals surface area contributed by atoms with Gasteiger partial charge in [-0.3, -0.25) is 4.72 Å². The van der Waals surface area contributed by atoms with Gasteiger partial charge in [0.1, 0.15) is 0 Å². The van der Waals surface area contributed by atoms with Gasteiger partial charge < -0.3 is 9.30 Å². The van der Waals surface area contributed by atoms with E-state index in [4.69, 9.17) is 4.74 Å². The van der Waals surface area contributed by atoms with Gasteiger partial charge in [-0.05, 0) is 50.2 Å². The van der Waals surface area contributed by atoms with Crippen molar-refractivity contribution < 1.29 is 13.2 Å². The molecular formula is C19H22N2O3S. The lowest BCUT2D eigenvalue weighted by molar-refractivity contribution is 0.188. The second-order valence-electron chi connectivity index (χ2n) is 6.12. The number of ether oxygens (including phenoxy) is 1. The highest BCUT2D eigenvalue weighted by atomic mass is 32.2. The Morgan fingerprint density at radius 1 is 1.04 bits per heavy atom. The normalized spacial score (nSPS) is 11.8. The fourth-order valence-corrected chi connectivity index (χ4v) is 3.93. The summed E-state index contributed by atoms with van der Waals surface area (Å²) in [7, 11) is -1.91. The smallest absolute Gasteiger partial charge is 0.261 e. The van der Waals surface area contributed by atoms with Crippen molar-refractivity contribution in [2.75, 3.05) is 18.4 Å². The number of benzene rings is 2. The molecule has 0 unspecified atom stereocenters. The molecule has 1 heterocycles. The summed E-state index contributed by atoms with van der Waals surface area (Å²) in [5.74, 6) is 0. The van der Waals surface area contributed by atoms with E-state index in [0.717, 1.165) is 28.7 Å². The van der Waals surface area contributed by atoms with Crippen molar-refractivity contribution >= 4 is 26.6 Å². The minimum absolute atomic E-state index is 0.257. The molecule has 0 aliphatic carbocycles. The molecule has 6 heteroatoms. The zero-order valence-corrected chi connectivity index (χ0v) is 15.4. The van der Waals surface area contributed by atoms with Crippen molar-refractivity contribution in [3.63, 3.8) is 0 Å². The third-order valence-electron chi connectivity index (χ3n) is 4.21. The Hall–Kier alpha value is -2.31. The lowest BCUT2D eigenvalue weighted by Crippen LogP contribution is -2.12. The van der Waals surface area contributed by atoms with E-state index in [1.165, 1.54) is 0 Å². The maximum atomic E-state index is 12.5. The van der Waals surface area contributed by atoms with Crippen LogP contribution in [0.3, 0.4) is 0 Å². The summed E-state index contributed by atoms with van der Waals surface area (Å²) >= 11 is 0. The molecule has 0 radical (unpaired) electrons. The standard InChI is InChI=1S/C19H22N2O3S/c1-14-4-7-18(8-5-14)25(22,23)20-17-6-9-19-16(13-17)12-15(2)21(19)10-11-24-3/h4-9,12-13,20H,10-11H2,1-3H3. The fourth-order valence-electron chi connectivity index (χ4n) is 2.88. The molecule has 25 heavy (non-hydrogen) atoms. The summed E-state index contributed by atoms with van der Waals surface area (Å²) in [4.78, 5) is 0.257. The van der Waals surface area contributed by atoms with Crippen LogP contribution in [0.15, 0.2) is 53.4 Å². The minimum Gasteiger partial charge on any atom is -0.383 e. The molecule has 0 aliphatic rings. The first kappa shape index (κ1) is 17.5. The molecule has 132 valence electrons. The molecule has 0 saturated heterocycles. The average Bonchev–Trinajstić information content (AvgIpc) is 2.87. The number of rotatable bonds is 6. The minimum atomic E-state index is -3.59. The Morgan fingerprint density at radius 3 is 2.44 bits per heavy atom. The summed E-state index contributed by atoms with van der Waals surface area (Å²) in [5, 5.41) is 0.998. The fraction of sp³-hybridized carbons (Fsp3) is 0.263. The number of nitrogens with zero attached hydrogens (tertiary/aromatic N) is 1. The molecule has 0 atom stereocenters. The number of aryl methyl sites for hydroxylation is 2. The molecule has 5 nitrogen and oxygen atoms in total. The summed E-state index contributed by atoms with van der Waals surface area (Å²) in [6.45, 7) is 5.35. The molecule has 3 aromatic rings. The van der Waals surface area contributed by atoms with Crippen LogP contribution in [0.2, 0.25) is 0 Å². The molecule has 0 aliphatic heterocycles. The van der Waals surface area contributed by atoms with Crippen molar-refractivity contribution in [2.45, 2.75) is 25.3 Å². The predicted molar refractivity (Wildman–Crippen MR) is 101 cm³/mol. The van der Waals surface area contributed by atoms with E-state index < -0.39 is 10.0 Å². The van der Waals surface area contributed by atoms with Crippen LogP contribution in [0.5, 0.6) is 0 Å². The largest absolute Gasteiger partial charge is 0.383 e. The second kappa shape index (κ2) is 6.90. The topological polar surface area (TPSA) is 60.3 Å². The average molecular weight is 358 g/mol. The van der Waals surface area contributed by atoms with Crippen molar-refractivity contribution in [1.82, 2.24) is 4.57 Å². The number of aromatic nitrogens is 1. The van der Waals surface area contributed by atoms with Gasteiger partial charge in [-0.25, -0.2) is 8.42 Å². The molecule has 1 aromatic heterocycles. The van der Waals surface area contributed by atoms with Crippen LogP contribution in [0.4, 0.5) is 5.69 Å². The van der Waals surface area contributed by atoms with Gasteiger partial charge in [-0.2, -0.15) is 0 Å². The highest BCUT2D eigenvalue weighted by Crippen LogP contribution is 2.25. The molecule has 2 aromatic carbocycles. The summed E-state index contributed by atoms with van der Waals surface area (Å²) in [5.41, 5.74) is 3.75. The SMILES string of the molecule is COCCn1c(C)cc2cc(NS(=O)(=O)c3ccc(C)cc3)ccc21. The first-order valence-corrected chi connectivity index (χ1v) is 9.57. The number of anilines is 1. The Kier molecular flexibility index (Phi) is 4.83. The van der Waals surface area contributed by atoms with Crippen LogP contribution < -0.4 is 4.72 Å². The number of nitrogens with one attached hydrogen (secondary N) is 1. The van der Waals surface area contributed by atoms with E-state index in [9.17, 15) is 8.42 Å². The maximum Gasteiger partial charge on any atom is 0.261 e. The molecule has 0 spiro atoms. The van der Waals surface area contributed by atoms with Gasteiger partial charge >= 0.3 is 0 Å². The molecular weight excluding hydrogens is 336 g/mol. The van der Waals surface area contributed by atoms with Gasteiger partial charge in [-0.1, -0.05) is 17.7 Å². The third-order valence-corrected chi connectivity index (χ3v) is 5.61. The summed E-state index contributed by atoms with van der Waals surface area (Å²) < 4.78 is 35.0. The number of methoxy groups -OCH3 is 1. The Labute approximate surface area is 148 Å². The quantitative estimate of drug-likeness (QED) is 0.731. The molecule has 3 rings (SSSR count). The van der Waals surface area contributed by atoms with Crippen LogP contribution in [0.25, 0.3) is 10.9 Å². The van der Waals surface area contributed by atoms with Crippen LogP contribution in [0, 0.1) is 13.8 Å². The molecule has 0 amide bonds. The Bertz CT molecular complexity index is 989. The molecule has 1 N–H and O–H groups in total. The van der Waals surface area contributed by atoms with Gasteiger partial charge in [0.15, 0.2) is 0 Å². The van der Waals surface area contributed by atoms with E-state index >= 15 is 0 Å². The zero-order valence-electron chi connectivity index (χ0n) is 14.6. The van der Waals surface area contributed by atoms with Crippen molar-refractivity contribution in [3.05, 3.63) is 59.8 Å². The first-order valence-electron chi connectivity index (χ1n) is 8.09. The van der Waals surface area contributed by atoms with E-state index in [0.29, 0.717) is 12.3 Å². The Balaban J connectivity index is 1.90. The van der Waals surface area contributed by atoms with Gasteiger partial charge in [-0.15, -0.1) is 0 Å². The molecule has 0 bridgehead atoms. The van der Waals surface area contributed by atoms with Crippen molar-refractivity contribution in [2.24, 2.45) is 0 Å². The van der Waals surface area contributed by atoms with E-state index in [1.54, 1.807) is 37.4 Å². The van der Waals surface area contributed by atoms with Gasteiger partial charge in [0, 0.05) is 35.9 Å². The number of fused-ring (bicyclic) bond motifs is 1. The third kappa shape index (κ3) is 3.70. The first-order chi connectivity index (χ1) is 11.9. The summed E-state index contributed by atoms with van der Waals surface area (Å²) in [6.07, 6.45) is 0. The maximum absolute atomic E-state index is 12.5. The second-order valence-corrected chi connectivity index (χ2v) is 7.80. The van der Waals surface area contributed by atoms with Crippen LogP contribution in [-0.2, 0) is 21.3 Å². The van der Waals surface area contributed by atoms with Gasteiger partial charge in [0.05, 0.1) is 11.5 Å². The van der Waals surface area contributed by atoms with Crippen LogP contribution >= 0.6 is 0 Å². The van der Waals surface area contributed by atoms with E-state index in [1.807, 2.05) is 26.0 Å². The van der Waals surface area contributed by atoms with Crippen molar-refractivity contribution in [1.29, 1.82) is 0 Å². The van der Waals surface area contributed by atoms with Crippen LogP contribution in [-0.4, -0.2) is 26.7 Å².